The predicted molar refractivity (Wildman–Crippen MR) is 453 cm³/mol. The Bertz CT molecular complexity index is 6140. The molecule has 16 rings (SSSR count). The molecule has 4 heterocycles. The van der Waals surface area contributed by atoms with E-state index in [0.29, 0.717) is 71.2 Å². The molecule has 0 spiro atoms. The van der Waals surface area contributed by atoms with Crippen LogP contribution in [0.5, 0.6) is 11.5 Å². The maximum absolute atomic E-state index is 12.9. The molecule has 560 valence electrons. The second-order valence-corrected chi connectivity index (χ2v) is 35.3. The lowest BCUT2D eigenvalue weighted by atomic mass is 9.97. The number of carbonyl (C=O) groups excluding carboxylic acids is 2. The number of rotatable bonds is 24. The Balaban J connectivity index is 0.000000130. The molecule has 0 unspecified atom stereocenters. The number of hydrogen-bond donors (Lipinski definition) is 4. The van der Waals surface area contributed by atoms with E-state index in [1.165, 1.54) is 78.0 Å². The topological polar surface area (TPSA) is 220 Å². The second kappa shape index (κ2) is 35.2. The van der Waals surface area contributed by atoms with Crippen LogP contribution in [0.15, 0.2) is 237 Å². The maximum Gasteiger partial charge on any atom is 0.346 e. The Kier molecular flexibility index (Phi) is 24.9. The molecular weight excluding hydrogens is 1520 g/mol. The van der Waals surface area contributed by atoms with E-state index in [9.17, 15) is 46.2 Å². The van der Waals surface area contributed by atoms with Gasteiger partial charge in [-0.25, -0.2) is 35.9 Å². The Morgan fingerprint density at radius 2 is 0.764 bits per heavy atom. The summed E-state index contributed by atoms with van der Waals surface area (Å²) in [6.45, 7) is 4.84. The lowest BCUT2D eigenvalue weighted by Gasteiger charge is -2.10. The molecule has 110 heavy (non-hydrogen) atoms. The lowest BCUT2D eigenvalue weighted by Crippen LogP contribution is -2.33. The first kappa shape index (κ1) is 77.9. The molecule has 21 heteroatoms. The first-order chi connectivity index (χ1) is 53.2. The first-order valence-corrected chi connectivity index (χ1v) is 43.2. The van der Waals surface area contributed by atoms with Crippen LogP contribution in [0, 0.1) is 13.8 Å². The van der Waals surface area contributed by atoms with Gasteiger partial charge in [0.05, 0.1) is 34.5 Å². The summed E-state index contributed by atoms with van der Waals surface area (Å²) in [6, 6.07) is 78.8. The summed E-state index contributed by atoms with van der Waals surface area (Å²) in [5.74, 6) is -1.16. The Labute approximate surface area is 659 Å². The number of halogens is 1. The van der Waals surface area contributed by atoms with Crippen LogP contribution >= 0.6 is 56.9 Å². The summed E-state index contributed by atoms with van der Waals surface area (Å²) in [5, 5.41) is 30.7. The summed E-state index contributed by atoms with van der Waals surface area (Å²) in [4.78, 5) is 50.4. The van der Waals surface area contributed by atoms with Gasteiger partial charge in [0.15, 0.2) is 0 Å². The molecule has 14 nitrogen and oxygen atoms in total. The number of aromatic carboxylic acids is 2. The van der Waals surface area contributed by atoms with Gasteiger partial charge in [-0.1, -0.05) is 206 Å². The zero-order chi connectivity index (χ0) is 77.1. The molecule has 1 aliphatic carbocycles. The van der Waals surface area contributed by atoms with Gasteiger partial charge in [-0.3, -0.25) is 9.59 Å². The number of carboxylic acid groups (broad SMARTS) is 2. The van der Waals surface area contributed by atoms with Gasteiger partial charge >= 0.3 is 11.9 Å². The highest BCUT2D eigenvalue weighted by Crippen LogP contribution is 2.39. The molecule has 11 aromatic carbocycles. The summed E-state index contributed by atoms with van der Waals surface area (Å²) in [7, 11) is -7.22. The maximum atomic E-state index is 12.9. The molecule has 0 aliphatic heterocycles. The van der Waals surface area contributed by atoms with Gasteiger partial charge in [0.1, 0.15) is 21.3 Å². The first-order valence-electron chi connectivity index (χ1n) is 36.2. The number of nitrogens with one attached hydrogen (secondary N) is 2. The third kappa shape index (κ3) is 18.8. The van der Waals surface area contributed by atoms with E-state index in [-0.39, 0.29) is 0 Å². The van der Waals surface area contributed by atoms with Gasteiger partial charge in [-0.15, -0.1) is 45.3 Å². The zero-order valence-corrected chi connectivity index (χ0v) is 66.2. The minimum Gasteiger partial charge on any atom is -0.494 e. The number of benzene rings is 11. The SMILES string of the molecule is Cc1cc(OCCCc2c(C(=O)NS(C)(=O)=O)sc3ccccc23)cc(C)c1Cl.O=C(NS(=O)(=O)C1CC1)c1sc2ccccc2c1CCCOc1cccc2ccccc12.O=C(O)c1sc2ccccc2c1CCCc1cccc2ccccc12.O=C(O)c1sc2ccccc2c1CCc1cccc2ccccc12. The molecule has 4 aromatic heterocycles. The largest absolute Gasteiger partial charge is 0.494 e. The van der Waals surface area contributed by atoms with Crippen LogP contribution in [-0.4, -0.2) is 75.5 Å². The fraction of sp³-hybridized carbons (Fsp3) is 0.191. The normalized spacial score (nSPS) is 12.1. The predicted octanol–water partition coefficient (Wildman–Crippen LogP) is 21.6. The van der Waals surface area contributed by atoms with Crippen LogP contribution in [0.3, 0.4) is 0 Å². The van der Waals surface area contributed by atoms with Crippen LogP contribution in [0.2, 0.25) is 5.02 Å². The zero-order valence-electron chi connectivity index (χ0n) is 60.6. The molecule has 0 saturated heterocycles. The molecular formula is C89H79ClN2O12S6. The van der Waals surface area contributed by atoms with Crippen LogP contribution in [0.1, 0.15) is 115 Å². The van der Waals surface area contributed by atoms with E-state index in [4.69, 9.17) is 21.1 Å². The number of amides is 2. The van der Waals surface area contributed by atoms with Gasteiger partial charge in [0, 0.05) is 29.2 Å². The van der Waals surface area contributed by atoms with Crippen molar-refractivity contribution in [2.45, 2.75) is 89.7 Å². The van der Waals surface area contributed by atoms with Crippen molar-refractivity contribution in [3.8, 4) is 11.5 Å². The second-order valence-electron chi connectivity index (χ2n) is 27.0. The minimum absolute atomic E-state index is 0.426. The summed E-state index contributed by atoms with van der Waals surface area (Å²) in [5.41, 5.74) is 8.18. The van der Waals surface area contributed by atoms with Crippen LogP contribution in [-0.2, 0) is 58.6 Å². The highest BCUT2D eigenvalue weighted by atomic mass is 35.5. The van der Waals surface area contributed by atoms with Crippen LogP contribution < -0.4 is 18.9 Å². The molecule has 0 radical (unpaired) electrons. The quantitative estimate of drug-likeness (QED) is 0.0415. The van der Waals surface area contributed by atoms with Gasteiger partial charge in [-0.2, -0.15) is 0 Å². The number of aryl methyl sites for hydroxylation is 8. The number of sulfonamides is 2. The standard InChI is InChI=1S/C25H23NO4S2.C22H18O2S.C21H22ClNO4S2.C21H16O2S/c27-25(26-32(28,29)18-14-15-18)24-21(20-10-3-4-13-23(20)31-24)11-6-16-30-22-12-5-8-17-7-1-2-9-19(17)22;23-22(24)21-19(18-12-3-4-14-20(18)25-21)13-6-10-16-9-5-8-15-7-1-2-11-17(15)16;1-13-11-15(12-14(2)19(13)22)27-10-6-8-17-16-7-4-5-9-18(16)28-20(17)21(24)23-29(3,25)26;22-21(23)20-18(17-10-3-4-11-19(17)24-20)13-12-15-8-5-7-14-6-1-2-9-16(14)15/h1-5,7-10,12-13,18H,6,11,14-16H2,(H,26,27);1-5,7-9,11-12,14H,6,10,13H2,(H,23,24);4-5,7,9,11-12H,6,8,10H2,1-3H3,(H,23,24);1-11H,12-13H2,(H,22,23). The van der Waals surface area contributed by atoms with E-state index < -0.39 is 49.0 Å². The van der Waals surface area contributed by atoms with E-state index in [1.807, 2.05) is 159 Å². The van der Waals surface area contributed by atoms with Crippen molar-refractivity contribution in [2.24, 2.45) is 0 Å². The van der Waals surface area contributed by atoms with E-state index >= 15 is 0 Å². The van der Waals surface area contributed by atoms with Gasteiger partial charge in [0.2, 0.25) is 20.0 Å². The number of fused-ring (bicyclic) bond motifs is 7. The third-order valence-corrected chi connectivity index (χ3v) is 27.0. The summed E-state index contributed by atoms with van der Waals surface area (Å²) < 4.78 is 67.8. The highest BCUT2D eigenvalue weighted by molar-refractivity contribution is 7.91. The van der Waals surface area contributed by atoms with Gasteiger partial charge in [-0.05, 0) is 220 Å². The summed E-state index contributed by atoms with van der Waals surface area (Å²) >= 11 is 11.6. The van der Waals surface area contributed by atoms with Crippen LogP contribution in [0.4, 0.5) is 0 Å². The molecule has 1 aliphatic rings. The number of carboxylic acids is 2. The molecule has 15 aromatic rings. The van der Waals surface area contributed by atoms with Crippen molar-refractivity contribution in [2.75, 3.05) is 19.5 Å². The fourth-order valence-electron chi connectivity index (χ4n) is 13.9. The van der Waals surface area contributed by atoms with E-state index in [2.05, 4.69) is 100 Å². The average Bonchev–Trinajstić information content (AvgIpc) is 1.65. The molecule has 1 fully saturated rings. The van der Waals surface area contributed by atoms with Gasteiger partial charge in [0.25, 0.3) is 11.8 Å². The number of thiophene rings is 4. The third-order valence-electron chi connectivity index (χ3n) is 19.2. The Morgan fingerprint density at radius 1 is 0.409 bits per heavy atom. The molecule has 0 atom stereocenters. The number of carbonyl (C=O) groups is 4. The molecule has 2 amide bonds. The van der Waals surface area contributed by atoms with Crippen molar-refractivity contribution < 1.29 is 55.7 Å². The minimum atomic E-state index is -3.63. The van der Waals surface area contributed by atoms with Crippen molar-refractivity contribution in [1.29, 1.82) is 0 Å². The van der Waals surface area contributed by atoms with Crippen molar-refractivity contribution in [1.82, 2.24) is 9.44 Å². The average molecular weight is 1600 g/mol. The van der Waals surface area contributed by atoms with Crippen molar-refractivity contribution in [3.05, 3.63) is 306 Å². The highest BCUT2D eigenvalue weighted by Gasteiger charge is 2.38. The van der Waals surface area contributed by atoms with E-state index in [0.717, 1.165) is 139 Å². The molecule has 0 bridgehead atoms. The number of ether oxygens (including phenoxy) is 2. The van der Waals surface area contributed by atoms with Crippen molar-refractivity contribution in [3.63, 3.8) is 0 Å². The molecule has 1 saturated carbocycles. The Morgan fingerprint density at radius 3 is 1.22 bits per heavy atom. The summed E-state index contributed by atoms with van der Waals surface area (Å²) in [6.07, 6.45) is 9.07. The smallest absolute Gasteiger partial charge is 0.346 e. The van der Waals surface area contributed by atoms with Crippen molar-refractivity contribution >= 4 is 173 Å². The van der Waals surface area contributed by atoms with E-state index in [1.54, 1.807) is 0 Å². The molecule has 4 N–H and O–H groups in total. The lowest BCUT2D eigenvalue weighted by molar-refractivity contribution is 0.0690. The fourth-order valence-corrected chi connectivity index (χ4v) is 20.3. The van der Waals surface area contributed by atoms with Crippen LogP contribution in [0.25, 0.3) is 72.7 Å². The Hall–Kier alpha value is -10.3. The van der Waals surface area contributed by atoms with Gasteiger partial charge < -0.3 is 19.7 Å². The number of hydrogen-bond acceptors (Lipinski definition) is 14. The monoisotopic (exact) mass is 1590 g/mol.